The number of rotatable bonds is 4. The fourth-order valence-electron chi connectivity index (χ4n) is 1.44. The third-order valence-electron chi connectivity index (χ3n) is 2.40. The minimum atomic E-state index is -0.325. The second-order valence-corrected chi connectivity index (χ2v) is 3.65. The first kappa shape index (κ1) is 13.0. The second kappa shape index (κ2) is 5.33. The number of nitrogens with one attached hydrogen (secondary N) is 2. The summed E-state index contributed by atoms with van der Waals surface area (Å²) in [5.41, 5.74) is 7.04. The molecule has 1 aromatic rings. The molecule has 7 nitrogen and oxygen atoms in total. The molecule has 0 radical (unpaired) electrons. The quantitative estimate of drug-likeness (QED) is 0.638. The average Bonchev–Trinajstić information content (AvgIpc) is 2.52. The highest BCUT2D eigenvalue weighted by Gasteiger charge is 2.17. The maximum Gasteiger partial charge on any atom is 0.271 e. The van der Waals surface area contributed by atoms with Gasteiger partial charge < -0.3 is 16.4 Å². The van der Waals surface area contributed by atoms with Crippen molar-refractivity contribution in [2.24, 2.45) is 7.05 Å². The molecule has 0 aromatic carbocycles. The molecule has 0 fully saturated rings. The first-order chi connectivity index (χ1) is 7.97. The molecule has 0 bridgehead atoms. The fraction of sp³-hybridized carbons (Fsp3) is 0.500. The van der Waals surface area contributed by atoms with Gasteiger partial charge in [-0.05, 0) is 6.92 Å². The van der Waals surface area contributed by atoms with Crippen LogP contribution < -0.4 is 16.4 Å². The zero-order chi connectivity index (χ0) is 13.0. The molecule has 1 aromatic heterocycles. The topological polar surface area (TPSA) is 102 Å². The van der Waals surface area contributed by atoms with Crippen LogP contribution in [0.3, 0.4) is 0 Å². The van der Waals surface area contributed by atoms with E-state index in [1.807, 2.05) is 0 Å². The number of hydrogen-bond donors (Lipinski definition) is 3. The van der Waals surface area contributed by atoms with Gasteiger partial charge in [0.1, 0.15) is 5.69 Å². The molecule has 4 N–H and O–H groups in total. The zero-order valence-corrected chi connectivity index (χ0v) is 10.2. The summed E-state index contributed by atoms with van der Waals surface area (Å²) < 4.78 is 1.43. The Morgan fingerprint density at radius 1 is 1.47 bits per heavy atom. The first-order valence-corrected chi connectivity index (χ1v) is 5.25. The first-order valence-electron chi connectivity index (χ1n) is 5.25. The lowest BCUT2D eigenvalue weighted by Gasteiger charge is -2.05. The molecule has 0 saturated carbocycles. The number of aromatic nitrogens is 2. The molecule has 1 rings (SSSR count). The second-order valence-electron chi connectivity index (χ2n) is 3.65. The summed E-state index contributed by atoms with van der Waals surface area (Å²) in [5, 5.41) is 9.13. The summed E-state index contributed by atoms with van der Waals surface area (Å²) in [6.07, 6.45) is 0.235. The normalized spacial score (nSPS) is 10.1. The highest BCUT2D eigenvalue weighted by Crippen LogP contribution is 2.14. The van der Waals surface area contributed by atoms with Crippen molar-refractivity contribution < 1.29 is 9.59 Å². The molecule has 0 aliphatic heterocycles. The lowest BCUT2D eigenvalue weighted by molar-refractivity contribution is -0.120. The summed E-state index contributed by atoms with van der Waals surface area (Å²) in [6, 6.07) is 0. The fourth-order valence-corrected chi connectivity index (χ4v) is 1.44. The van der Waals surface area contributed by atoms with Gasteiger partial charge >= 0.3 is 0 Å². The van der Waals surface area contributed by atoms with Crippen LogP contribution in [0.2, 0.25) is 0 Å². The van der Waals surface area contributed by atoms with Gasteiger partial charge in [-0.3, -0.25) is 14.3 Å². The molecular formula is C10H17N5O2. The third kappa shape index (κ3) is 2.96. The van der Waals surface area contributed by atoms with Crippen LogP contribution in [0.4, 0.5) is 5.69 Å². The van der Waals surface area contributed by atoms with Crippen molar-refractivity contribution >= 4 is 17.5 Å². The van der Waals surface area contributed by atoms with Crippen LogP contribution in [0.5, 0.6) is 0 Å². The number of amides is 2. The van der Waals surface area contributed by atoms with Crippen molar-refractivity contribution in [3.8, 4) is 0 Å². The Morgan fingerprint density at radius 2 is 2.12 bits per heavy atom. The van der Waals surface area contributed by atoms with Crippen LogP contribution in [0.25, 0.3) is 0 Å². The third-order valence-corrected chi connectivity index (χ3v) is 2.40. The van der Waals surface area contributed by atoms with Crippen molar-refractivity contribution in [1.29, 1.82) is 0 Å². The van der Waals surface area contributed by atoms with E-state index in [4.69, 9.17) is 5.73 Å². The Balaban J connectivity index is 2.61. The minimum Gasteiger partial charge on any atom is -0.395 e. The standard InChI is InChI=1S/C10H17N5O2/c1-6-8(11)9(15(3)14-6)10(17)13-5-4-7(16)12-2/h4-5,11H2,1-3H3,(H,12,16)(H,13,17). The molecule has 0 aliphatic carbocycles. The molecule has 0 aliphatic rings. The number of anilines is 1. The maximum atomic E-state index is 11.8. The molecule has 2 amide bonds. The van der Waals surface area contributed by atoms with Gasteiger partial charge in [0, 0.05) is 27.1 Å². The van der Waals surface area contributed by atoms with E-state index < -0.39 is 0 Å². The van der Waals surface area contributed by atoms with Gasteiger partial charge in [0.15, 0.2) is 0 Å². The van der Waals surface area contributed by atoms with Crippen molar-refractivity contribution in [2.45, 2.75) is 13.3 Å². The Kier molecular flexibility index (Phi) is 4.08. The SMILES string of the molecule is CNC(=O)CCNC(=O)c1c(N)c(C)nn1C. The Morgan fingerprint density at radius 3 is 2.59 bits per heavy atom. The average molecular weight is 239 g/mol. The largest absolute Gasteiger partial charge is 0.395 e. The van der Waals surface area contributed by atoms with E-state index in [0.717, 1.165) is 0 Å². The van der Waals surface area contributed by atoms with Crippen molar-refractivity contribution in [2.75, 3.05) is 19.3 Å². The summed E-state index contributed by atoms with van der Waals surface area (Å²) in [4.78, 5) is 22.7. The monoisotopic (exact) mass is 239 g/mol. The van der Waals surface area contributed by atoms with Gasteiger partial charge in [-0.1, -0.05) is 0 Å². The van der Waals surface area contributed by atoms with Crippen LogP contribution >= 0.6 is 0 Å². The van der Waals surface area contributed by atoms with E-state index in [9.17, 15) is 9.59 Å². The molecule has 0 saturated heterocycles. The van der Waals surface area contributed by atoms with E-state index in [0.29, 0.717) is 17.1 Å². The number of carbonyl (C=O) groups is 2. The van der Waals surface area contributed by atoms with E-state index in [1.54, 1.807) is 21.0 Å². The lowest BCUT2D eigenvalue weighted by atomic mass is 10.3. The number of hydrogen-bond acceptors (Lipinski definition) is 4. The predicted molar refractivity (Wildman–Crippen MR) is 63.4 cm³/mol. The molecule has 7 heteroatoms. The number of nitrogen functional groups attached to an aromatic ring is 1. The van der Waals surface area contributed by atoms with Crippen LogP contribution in [0.1, 0.15) is 22.6 Å². The van der Waals surface area contributed by atoms with E-state index in [2.05, 4.69) is 15.7 Å². The van der Waals surface area contributed by atoms with Gasteiger partial charge in [0.25, 0.3) is 5.91 Å². The van der Waals surface area contributed by atoms with E-state index in [1.165, 1.54) is 4.68 Å². The Bertz CT molecular complexity index is 438. The molecule has 94 valence electrons. The predicted octanol–water partition coefficient (Wildman–Crippen LogP) is -0.823. The van der Waals surface area contributed by atoms with Gasteiger partial charge in [-0.25, -0.2) is 0 Å². The van der Waals surface area contributed by atoms with Gasteiger partial charge in [0.05, 0.1) is 11.4 Å². The van der Waals surface area contributed by atoms with Crippen LogP contribution in [-0.4, -0.2) is 35.2 Å². The molecule has 0 spiro atoms. The van der Waals surface area contributed by atoms with Crippen LogP contribution in [-0.2, 0) is 11.8 Å². The summed E-state index contributed by atoms with van der Waals surface area (Å²) in [6.45, 7) is 2.00. The van der Waals surface area contributed by atoms with E-state index in [-0.39, 0.29) is 24.8 Å². The maximum absolute atomic E-state index is 11.8. The van der Waals surface area contributed by atoms with Crippen molar-refractivity contribution in [1.82, 2.24) is 20.4 Å². The number of aryl methyl sites for hydroxylation is 2. The van der Waals surface area contributed by atoms with Crippen LogP contribution in [0.15, 0.2) is 0 Å². The summed E-state index contributed by atoms with van der Waals surface area (Å²) in [5.74, 6) is -0.450. The minimum absolute atomic E-state index is 0.126. The van der Waals surface area contributed by atoms with Gasteiger partial charge in [0.2, 0.25) is 5.91 Å². The molecule has 17 heavy (non-hydrogen) atoms. The number of nitrogens with zero attached hydrogens (tertiary/aromatic N) is 2. The highest BCUT2D eigenvalue weighted by molar-refractivity contribution is 5.98. The summed E-state index contributed by atoms with van der Waals surface area (Å²) in [7, 11) is 3.20. The molecular weight excluding hydrogens is 222 g/mol. The summed E-state index contributed by atoms with van der Waals surface area (Å²) >= 11 is 0. The Labute approximate surface area is 99.4 Å². The molecule has 1 heterocycles. The smallest absolute Gasteiger partial charge is 0.271 e. The van der Waals surface area contributed by atoms with E-state index >= 15 is 0 Å². The molecule has 0 atom stereocenters. The van der Waals surface area contributed by atoms with Crippen LogP contribution in [0, 0.1) is 6.92 Å². The number of nitrogens with two attached hydrogens (primary N) is 1. The lowest BCUT2D eigenvalue weighted by Crippen LogP contribution is -2.30. The number of carbonyl (C=O) groups excluding carboxylic acids is 2. The van der Waals surface area contributed by atoms with Crippen molar-refractivity contribution in [3.63, 3.8) is 0 Å². The van der Waals surface area contributed by atoms with Crippen molar-refractivity contribution in [3.05, 3.63) is 11.4 Å². The van der Waals surface area contributed by atoms with Gasteiger partial charge in [-0.15, -0.1) is 0 Å². The highest BCUT2D eigenvalue weighted by atomic mass is 16.2. The zero-order valence-electron chi connectivity index (χ0n) is 10.2. The molecule has 0 unspecified atom stereocenters. The Hall–Kier alpha value is -2.05. The van der Waals surface area contributed by atoms with Gasteiger partial charge in [-0.2, -0.15) is 5.10 Å².